The van der Waals surface area contributed by atoms with Crippen LogP contribution in [-0.2, 0) is 29.1 Å². The lowest BCUT2D eigenvalue weighted by molar-refractivity contribution is -0.153. The molecule has 0 saturated carbocycles. The monoisotopic (exact) mass is 492 g/mol. The molecule has 184 valence electrons. The first-order valence-electron chi connectivity index (χ1n) is 10.7. The number of sulfonamides is 1. The number of ether oxygens (including phenoxy) is 4. The Hall–Kier alpha value is -3.15. The number of methoxy groups -OCH3 is 1. The van der Waals surface area contributed by atoms with Crippen molar-refractivity contribution in [2.75, 3.05) is 45.3 Å². The lowest BCUT2D eigenvalue weighted by Gasteiger charge is -2.26. The average Bonchev–Trinajstić information content (AvgIpc) is 2.85. The van der Waals surface area contributed by atoms with Gasteiger partial charge in [0.25, 0.3) is 5.91 Å². The van der Waals surface area contributed by atoms with Crippen molar-refractivity contribution in [3.8, 4) is 11.5 Å². The van der Waals surface area contributed by atoms with Crippen molar-refractivity contribution in [2.24, 2.45) is 0 Å². The van der Waals surface area contributed by atoms with E-state index in [-0.39, 0.29) is 36.7 Å². The van der Waals surface area contributed by atoms with Gasteiger partial charge in [-0.1, -0.05) is 6.07 Å². The first-order chi connectivity index (χ1) is 16.3. The van der Waals surface area contributed by atoms with Crippen molar-refractivity contribution in [3.63, 3.8) is 0 Å². The highest BCUT2D eigenvalue weighted by atomic mass is 32.2. The second-order valence-electron chi connectivity index (χ2n) is 7.44. The van der Waals surface area contributed by atoms with Gasteiger partial charge in [-0.2, -0.15) is 4.31 Å². The van der Waals surface area contributed by atoms with Gasteiger partial charge in [0.15, 0.2) is 6.10 Å². The van der Waals surface area contributed by atoms with Crippen LogP contribution in [0.1, 0.15) is 13.3 Å². The van der Waals surface area contributed by atoms with Crippen molar-refractivity contribution >= 4 is 27.6 Å². The van der Waals surface area contributed by atoms with Crippen LogP contribution in [0.15, 0.2) is 53.4 Å². The fraction of sp³-hybridized carbons (Fsp3) is 0.391. The van der Waals surface area contributed by atoms with E-state index in [0.717, 1.165) is 0 Å². The molecule has 1 saturated heterocycles. The summed E-state index contributed by atoms with van der Waals surface area (Å²) < 4.78 is 47.9. The van der Waals surface area contributed by atoms with Crippen LogP contribution in [0.2, 0.25) is 0 Å². The molecule has 1 unspecified atom stereocenters. The number of rotatable bonds is 10. The zero-order chi connectivity index (χ0) is 24.6. The minimum Gasteiger partial charge on any atom is -0.497 e. The molecular weight excluding hydrogens is 464 g/mol. The minimum atomic E-state index is -3.70. The van der Waals surface area contributed by atoms with E-state index in [9.17, 15) is 18.0 Å². The molecule has 0 radical (unpaired) electrons. The first kappa shape index (κ1) is 25.5. The van der Waals surface area contributed by atoms with Gasteiger partial charge in [-0.15, -0.1) is 0 Å². The molecule has 0 spiro atoms. The molecule has 1 atom stereocenters. The van der Waals surface area contributed by atoms with E-state index in [1.807, 2.05) is 0 Å². The van der Waals surface area contributed by atoms with E-state index in [1.54, 1.807) is 37.4 Å². The molecule has 1 N–H and O–H groups in total. The van der Waals surface area contributed by atoms with Gasteiger partial charge >= 0.3 is 5.97 Å². The topological polar surface area (TPSA) is 120 Å². The number of hydrogen-bond donors (Lipinski definition) is 1. The molecule has 34 heavy (non-hydrogen) atoms. The normalized spacial score (nSPS) is 15.2. The SMILES string of the molecule is COc1ccc(OCCC(=O)OC(C)C(=O)Nc2cccc(S(=O)(=O)N3CCOCC3)c2)cc1. The summed E-state index contributed by atoms with van der Waals surface area (Å²) >= 11 is 0. The summed E-state index contributed by atoms with van der Waals surface area (Å²) in [7, 11) is -2.14. The molecule has 11 heteroatoms. The van der Waals surface area contributed by atoms with Crippen molar-refractivity contribution in [3.05, 3.63) is 48.5 Å². The van der Waals surface area contributed by atoms with E-state index in [0.29, 0.717) is 24.7 Å². The predicted octanol–water partition coefficient (Wildman–Crippen LogP) is 2.06. The molecular formula is C23H28N2O8S. The van der Waals surface area contributed by atoms with Crippen LogP contribution in [0.3, 0.4) is 0 Å². The van der Waals surface area contributed by atoms with Crippen molar-refractivity contribution < 1.29 is 37.0 Å². The molecule has 1 heterocycles. The van der Waals surface area contributed by atoms with Crippen LogP contribution < -0.4 is 14.8 Å². The highest BCUT2D eigenvalue weighted by Gasteiger charge is 2.27. The van der Waals surface area contributed by atoms with Gasteiger partial charge in [0.2, 0.25) is 10.0 Å². The lowest BCUT2D eigenvalue weighted by atomic mass is 10.3. The molecule has 1 fully saturated rings. The van der Waals surface area contributed by atoms with Crippen LogP contribution in [0.25, 0.3) is 0 Å². The zero-order valence-corrected chi connectivity index (χ0v) is 19.9. The van der Waals surface area contributed by atoms with Gasteiger partial charge in [-0.3, -0.25) is 9.59 Å². The summed E-state index contributed by atoms with van der Waals surface area (Å²) in [4.78, 5) is 24.6. The number of benzene rings is 2. The van der Waals surface area contributed by atoms with Gasteiger partial charge in [-0.05, 0) is 49.4 Å². The number of hydrogen-bond acceptors (Lipinski definition) is 8. The fourth-order valence-electron chi connectivity index (χ4n) is 3.15. The number of anilines is 1. The van der Waals surface area contributed by atoms with Crippen molar-refractivity contribution in [1.82, 2.24) is 4.31 Å². The van der Waals surface area contributed by atoms with Crippen LogP contribution >= 0.6 is 0 Å². The molecule has 10 nitrogen and oxygen atoms in total. The Morgan fingerprint density at radius 3 is 2.44 bits per heavy atom. The molecule has 0 bridgehead atoms. The molecule has 3 rings (SSSR count). The molecule has 2 aromatic carbocycles. The molecule has 2 aromatic rings. The Morgan fingerprint density at radius 2 is 1.76 bits per heavy atom. The van der Waals surface area contributed by atoms with E-state index < -0.39 is 28.0 Å². The Bertz CT molecular complexity index is 1080. The molecule has 0 aromatic heterocycles. The maximum absolute atomic E-state index is 12.8. The van der Waals surface area contributed by atoms with Crippen molar-refractivity contribution in [2.45, 2.75) is 24.3 Å². The van der Waals surface area contributed by atoms with Crippen LogP contribution in [0.5, 0.6) is 11.5 Å². The summed E-state index contributed by atoms with van der Waals surface area (Å²) in [5.41, 5.74) is 0.282. The van der Waals surface area contributed by atoms with E-state index in [4.69, 9.17) is 18.9 Å². The third-order valence-corrected chi connectivity index (χ3v) is 6.92. The van der Waals surface area contributed by atoms with Crippen LogP contribution in [0, 0.1) is 0 Å². The third-order valence-electron chi connectivity index (χ3n) is 5.02. The summed E-state index contributed by atoms with van der Waals surface area (Å²) in [6.07, 6.45) is -1.12. The number of morpholine rings is 1. The molecule has 1 aliphatic rings. The summed E-state index contributed by atoms with van der Waals surface area (Å²) in [6, 6.07) is 12.8. The van der Waals surface area contributed by atoms with E-state index in [2.05, 4.69) is 5.32 Å². The lowest BCUT2D eigenvalue weighted by Crippen LogP contribution is -2.40. The maximum Gasteiger partial charge on any atom is 0.310 e. The van der Waals surface area contributed by atoms with Gasteiger partial charge in [-0.25, -0.2) is 8.42 Å². The standard InChI is InChI=1S/C23H28N2O8S/c1-17(33-22(26)10-13-32-20-8-6-19(30-2)7-9-20)23(27)24-18-4-3-5-21(16-18)34(28,29)25-11-14-31-15-12-25/h3-9,16-17H,10-15H2,1-2H3,(H,24,27). The average molecular weight is 493 g/mol. The number of esters is 1. The van der Waals surface area contributed by atoms with Crippen LogP contribution in [0.4, 0.5) is 5.69 Å². The second-order valence-corrected chi connectivity index (χ2v) is 9.38. The van der Waals surface area contributed by atoms with E-state index in [1.165, 1.54) is 29.4 Å². The van der Waals surface area contributed by atoms with Gasteiger partial charge in [0, 0.05) is 18.8 Å². The van der Waals surface area contributed by atoms with Crippen LogP contribution in [-0.4, -0.2) is 70.7 Å². The first-order valence-corrected chi connectivity index (χ1v) is 12.2. The molecule has 1 aliphatic heterocycles. The van der Waals surface area contributed by atoms with Gasteiger partial charge in [0.1, 0.15) is 11.5 Å². The number of nitrogens with zero attached hydrogens (tertiary/aromatic N) is 1. The number of amides is 1. The molecule has 0 aliphatic carbocycles. The predicted molar refractivity (Wildman–Crippen MR) is 123 cm³/mol. The Labute approximate surface area is 198 Å². The second kappa shape index (κ2) is 11.8. The Balaban J connectivity index is 1.48. The highest BCUT2D eigenvalue weighted by Crippen LogP contribution is 2.21. The minimum absolute atomic E-state index is 0.0447. The highest BCUT2D eigenvalue weighted by molar-refractivity contribution is 7.89. The summed E-state index contributed by atoms with van der Waals surface area (Å²) in [6.45, 7) is 2.74. The van der Waals surface area contributed by atoms with Gasteiger partial charge in [0.05, 0.1) is 38.2 Å². The molecule has 1 amide bonds. The van der Waals surface area contributed by atoms with Gasteiger partial charge < -0.3 is 24.3 Å². The maximum atomic E-state index is 12.8. The summed E-state index contributed by atoms with van der Waals surface area (Å²) in [5, 5.41) is 2.59. The Morgan fingerprint density at radius 1 is 1.09 bits per heavy atom. The largest absolute Gasteiger partial charge is 0.497 e. The van der Waals surface area contributed by atoms with E-state index >= 15 is 0 Å². The zero-order valence-electron chi connectivity index (χ0n) is 19.1. The smallest absolute Gasteiger partial charge is 0.310 e. The summed E-state index contributed by atoms with van der Waals surface area (Å²) in [5.74, 6) is 0.0901. The quantitative estimate of drug-likeness (QED) is 0.501. The number of carbonyl (C=O) groups is 2. The van der Waals surface area contributed by atoms with Crippen molar-refractivity contribution in [1.29, 1.82) is 0 Å². The Kier molecular flexibility index (Phi) is 8.85. The number of nitrogens with one attached hydrogen (secondary N) is 1. The number of carbonyl (C=O) groups excluding carboxylic acids is 2. The third kappa shape index (κ3) is 6.92. The fourth-order valence-corrected chi connectivity index (χ4v) is 4.60.